The number of nitro groups is 1. The number of hydrogen-bond donors (Lipinski definition) is 1. The van der Waals surface area contributed by atoms with Gasteiger partial charge < -0.3 is 14.7 Å². The predicted molar refractivity (Wildman–Crippen MR) is 74.4 cm³/mol. The van der Waals surface area contributed by atoms with Crippen molar-refractivity contribution in [2.45, 2.75) is 13.8 Å². The first-order valence-corrected chi connectivity index (χ1v) is 6.35. The number of carboxylic acid groups (broad SMARTS) is 1. The van der Waals surface area contributed by atoms with Gasteiger partial charge in [0, 0.05) is 25.8 Å². The summed E-state index contributed by atoms with van der Waals surface area (Å²) < 4.78 is 5.24. The van der Waals surface area contributed by atoms with Gasteiger partial charge in [-0.2, -0.15) is 0 Å². The number of carboxylic acids is 1. The van der Waals surface area contributed by atoms with Crippen LogP contribution in [-0.2, 0) is 4.74 Å². The van der Waals surface area contributed by atoms with Crippen LogP contribution in [0.25, 0.3) is 0 Å². The summed E-state index contributed by atoms with van der Waals surface area (Å²) in [4.78, 5) is 23.2. The van der Waals surface area contributed by atoms with Crippen LogP contribution < -0.4 is 4.90 Å². The average molecular weight is 282 g/mol. The number of benzene rings is 1. The second kappa shape index (κ2) is 7.44. The minimum atomic E-state index is -1.18. The van der Waals surface area contributed by atoms with Crippen molar-refractivity contribution in [3.63, 3.8) is 0 Å². The van der Waals surface area contributed by atoms with Crippen LogP contribution in [0.1, 0.15) is 24.2 Å². The molecular weight excluding hydrogens is 264 g/mol. The summed E-state index contributed by atoms with van der Waals surface area (Å²) in [6, 6.07) is 3.92. The van der Waals surface area contributed by atoms with Crippen molar-refractivity contribution in [3.05, 3.63) is 33.9 Å². The monoisotopic (exact) mass is 282 g/mol. The van der Waals surface area contributed by atoms with Gasteiger partial charge in [-0.3, -0.25) is 10.1 Å². The van der Waals surface area contributed by atoms with Gasteiger partial charge in [0.25, 0.3) is 5.69 Å². The second-order valence-corrected chi connectivity index (χ2v) is 4.04. The van der Waals surface area contributed by atoms with Crippen molar-refractivity contribution < 1.29 is 19.6 Å². The molecule has 0 unspecified atom stereocenters. The second-order valence-electron chi connectivity index (χ2n) is 4.04. The average Bonchev–Trinajstić information content (AvgIpc) is 2.43. The smallest absolute Gasteiger partial charge is 0.335 e. The van der Waals surface area contributed by atoms with Gasteiger partial charge in [-0.25, -0.2) is 4.79 Å². The number of nitrogens with zero attached hydrogens (tertiary/aromatic N) is 2. The van der Waals surface area contributed by atoms with E-state index in [-0.39, 0.29) is 11.3 Å². The van der Waals surface area contributed by atoms with E-state index in [0.717, 1.165) is 6.07 Å². The van der Waals surface area contributed by atoms with Crippen LogP contribution in [0.2, 0.25) is 0 Å². The van der Waals surface area contributed by atoms with Gasteiger partial charge >= 0.3 is 5.97 Å². The van der Waals surface area contributed by atoms with Crippen LogP contribution in [0.4, 0.5) is 11.4 Å². The summed E-state index contributed by atoms with van der Waals surface area (Å²) in [7, 11) is 0. The van der Waals surface area contributed by atoms with Crippen LogP contribution in [0.5, 0.6) is 0 Å². The number of ether oxygens (including phenoxy) is 1. The first-order valence-electron chi connectivity index (χ1n) is 6.35. The fourth-order valence-electron chi connectivity index (χ4n) is 1.84. The maximum atomic E-state index is 11.1. The van der Waals surface area contributed by atoms with E-state index in [4.69, 9.17) is 9.84 Å². The minimum absolute atomic E-state index is 0.0960. The standard InChI is InChI=1S/C13H18N2O5/c1-3-14(7-8-20-4-2)11-6-5-10(13(16)17)9-12(11)15(18)19/h5-6,9H,3-4,7-8H2,1-2H3,(H,16,17). The van der Waals surface area contributed by atoms with E-state index >= 15 is 0 Å². The van der Waals surface area contributed by atoms with E-state index in [0.29, 0.717) is 32.0 Å². The van der Waals surface area contributed by atoms with Crippen molar-refractivity contribution >= 4 is 17.3 Å². The summed E-state index contributed by atoms with van der Waals surface area (Å²) in [5, 5.41) is 20.0. The number of anilines is 1. The molecule has 0 bridgehead atoms. The quantitative estimate of drug-likeness (QED) is 0.446. The van der Waals surface area contributed by atoms with Gasteiger partial charge in [0.1, 0.15) is 5.69 Å². The zero-order chi connectivity index (χ0) is 15.1. The van der Waals surface area contributed by atoms with Crippen molar-refractivity contribution in [1.29, 1.82) is 0 Å². The first-order chi connectivity index (χ1) is 9.51. The van der Waals surface area contributed by atoms with Gasteiger partial charge in [-0.1, -0.05) is 0 Å². The minimum Gasteiger partial charge on any atom is -0.478 e. The van der Waals surface area contributed by atoms with E-state index in [9.17, 15) is 14.9 Å². The molecule has 0 saturated carbocycles. The zero-order valence-corrected chi connectivity index (χ0v) is 11.5. The Morgan fingerprint density at radius 3 is 2.65 bits per heavy atom. The number of carbonyl (C=O) groups is 1. The lowest BCUT2D eigenvalue weighted by atomic mass is 10.1. The Kier molecular flexibility index (Phi) is 5.92. The van der Waals surface area contributed by atoms with Crippen LogP contribution in [0, 0.1) is 10.1 Å². The molecule has 1 N–H and O–H groups in total. The SMILES string of the molecule is CCOCCN(CC)c1ccc(C(=O)O)cc1[N+](=O)[O-]. The fourth-order valence-corrected chi connectivity index (χ4v) is 1.84. The maximum Gasteiger partial charge on any atom is 0.335 e. The molecule has 110 valence electrons. The predicted octanol–water partition coefficient (Wildman–Crippen LogP) is 2.16. The number of aromatic carboxylic acids is 1. The van der Waals surface area contributed by atoms with E-state index in [1.165, 1.54) is 12.1 Å². The Hall–Kier alpha value is -2.15. The summed E-state index contributed by atoms with van der Waals surface area (Å²) in [6.45, 7) is 5.87. The molecule has 0 aromatic heterocycles. The largest absolute Gasteiger partial charge is 0.478 e. The highest BCUT2D eigenvalue weighted by Gasteiger charge is 2.20. The molecule has 0 amide bonds. The Morgan fingerprint density at radius 1 is 1.45 bits per heavy atom. The highest BCUT2D eigenvalue weighted by Crippen LogP contribution is 2.29. The van der Waals surface area contributed by atoms with Crippen molar-refractivity contribution in [1.82, 2.24) is 0 Å². The highest BCUT2D eigenvalue weighted by atomic mass is 16.6. The van der Waals surface area contributed by atoms with Crippen LogP contribution in [-0.4, -0.2) is 42.3 Å². The normalized spacial score (nSPS) is 10.3. The van der Waals surface area contributed by atoms with Crippen molar-refractivity contribution in [2.75, 3.05) is 31.2 Å². The van der Waals surface area contributed by atoms with Crippen LogP contribution >= 0.6 is 0 Å². The molecule has 0 spiro atoms. The molecule has 20 heavy (non-hydrogen) atoms. The molecule has 0 fully saturated rings. The highest BCUT2D eigenvalue weighted by molar-refractivity contribution is 5.89. The van der Waals surface area contributed by atoms with Crippen molar-refractivity contribution in [2.24, 2.45) is 0 Å². The van der Waals surface area contributed by atoms with Gasteiger partial charge in [-0.15, -0.1) is 0 Å². The molecule has 0 atom stereocenters. The Balaban J connectivity index is 3.07. The Morgan fingerprint density at radius 2 is 2.15 bits per heavy atom. The zero-order valence-electron chi connectivity index (χ0n) is 11.5. The van der Waals surface area contributed by atoms with E-state index in [1.807, 2.05) is 13.8 Å². The van der Waals surface area contributed by atoms with Gasteiger partial charge in [0.2, 0.25) is 0 Å². The number of nitro benzene ring substituents is 1. The third-order valence-electron chi connectivity index (χ3n) is 2.85. The molecule has 7 nitrogen and oxygen atoms in total. The molecule has 0 aliphatic heterocycles. The molecule has 1 aromatic rings. The maximum absolute atomic E-state index is 11.1. The fraction of sp³-hybridized carbons (Fsp3) is 0.462. The third-order valence-corrected chi connectivity index (χ3v) is 2.85. The van der Waals surface area contributed by atoms with Gasteiger partial charge in [-0.05, 0) is 26.0 Å². The molecule has 1 aromatic carbocycles. The van der Waals surface area contributed by atoms with E-state index in [2.05, 4.69) is 0 Å². The molecule has 0 heterocycles. The van der Waals surface area contributed by atoms with Gasteiger partial charge in [0.05, 0.1) is 17.1 Å². The molecule has 1 rings (SSSR count). The van der Waals surface area contributed by atoms with Gasteiger partial charge in [0.15, 0.2) is 0 Å². The molecular formula is C13H18N2O5. The van der Waals surface area contributed by atoms with E-state index < -0.39 is 10.9 Å². The Bertz CT molecular complexity index is 490. The third kappa shape index (κ3) is 3.92. The lowest BCUT2D eigenvalue weighted by molar-refractivity contribution is -0.384. The number of rotatable bonds is 8. The summed E-state index contributed by atoms with van der Waals surface area (Å²) in [5.74, 6) is -1.18. The summed E-state index contributed by atoms with van der Waals surface area (Å²) >= 11 is 0. The number of hydrogen-bond acceptors (Lipinski definition) is 5. The molecule has 0 aliphatic carbocycles. The molecule has 0 saturated heterocycles. The molecule has 0 radical (unpaired) electrons. The van der Waals surface area contributed by atoms with Crippen LogP contribution in [0.3, 0.4) is 0 Å². The van der Waals surface area contributed by atoms with Crippen LogP contribution in [0.15, 0.2) is 18.2 Å². The first kappa shape index (κ1) is 15.9. The topological polar surface area (TPSA) is 92.9 Å². The molecule has 7 heteroatoms. The van der Waals surface area contributed by atoms with Crippen molar-refractivity contribution in [3.8, 4) is 0 Å². The van der Waals surface area contributed by atoms with E-state index in [1.54, 1.807) is 4.90 Å². The summed E-state index contributed by atoms with van der Waals surface area (Å²) in [6.07, 6.45) is 0. The number of likely N-dealkylation sites (N-methyl/N-ethyl adjacent to an activating group) is 1. The lowest BCUT2D eigenvalue weighted by Crippen LogP contribution is -2.28. The lowest BCUT2D eigenvalue weighted by Gasteiger charge is -2.22. The Labute approximate surface area is 116 Å². The summed E-state index contributed by atoms with van der Waals surface area (Å²) in [5.41, 5.74) is 0.103. The molecule has 0 aliphatic rings.